The number of hydrogen-bond acceptors (Lipinski definition) is 5. The Kier molecular flexibility index (Phi) is 6.35. The fourth-order valence-electron chi connectivity index (χ4n) is 1.98. The molecular weight excluding hydrogens is 248 g/mol. The number of carbonyl (C=O) groups excluding carboxylic acids is 1. The van der Waals surface area contributed by atoms with E-state index in [1.54, 1.807) is 17.9 Å². The van der Waals surface area contributed by atoms with Crippen molar-refractivity contribution in [2.24, 2.45) is 0 Å². The summed E-state index contributed by atoms with van der Waals surface area (Å²) in [6, 6.07) is 1.75. The summed E-state index contributed by atoms with van der Waals surface area (Å²) in [6.45, 7) is 5.98. The van der Waals surface area contributed by atoms with Crippen LogP contribution in [0.4, 0.5) is 0 Å². The average molecular weight is 270 g/mol. The average Bonchev–Trinajstić information content (AvgIpc) is 2.82. The molecule has 0 saturated heterocycles. The first-order valence-electron chi connectivity index (χ1n) is 6.58. The molecule has 108 valence electrons. The number of rotatable bonds is 8. The number of aliphatic hydroxyl groups excluding tert-OH is 1. The van der Waals surface area contributed by atoms with Gasteiger partial charge >= 0.3 is 0 Å². The second-order valence-corrected chi connectivity index (χ2v) is 4.35. The van der Waals surface area contributed by atoms with Gasteiger partial charge in [0, 0.05) is 18.7 Å². The summed E-state index contributed by atoms with van der Waals surface area (Å²) in [6.07, 6.45) is 1.70. The lowest BCUT2D eigenvalue weighted by Gasteiger charge is -2.29. The van der Waals surface area contributed by atoms with Crippen LogP contribution < -0.4 is 4.74 Å². The number of carbonyl (C=O) groups is 1. The molecule has 6 nitrogen and oxygen atoms in total. The van der Waals surface area contributed by atoms with Crippen molar-refractivity contribution < 1.29 is 19.2 Å². The zero-order chi connectivity index (χ0) is 14.3. The number of nitrogens with zero attached hydrogens (tertiary/aromatic N) is 2. The van der Waals surface area contributed by atoms with E-state index in [0.29, 0.717) is 18.2 Å². The zero-order valence-corrected chi connectivity index (χ0v) is 11.8. The van der Waals surface area contributed by atoms with E-state index in [1.807, 2.05) is 13.8 Å². The second kappa shape index (κ2) is 7.78. The van der Waals surface area contributed by atoms with Gasteiger partial charge in [0.2, 0.25) is 0 Å². The number of ether oxygens (including phenoxy) is 1. The monoisotopic (exact) mass is 270 g/mol. The van der Waals surface area contributed by atoms with Crippen LogP contribution in [0.3, 0.4) is 0 Å². The van der Waals surface area contributed by atoms with Gasteiger partial charge in [-0.05, 0) is 24.9 Å². The van der Waals surface area contributed by atoms with Crippen LogP contribution in [0.1, 0.15) is 32.4 Å². The summed E-state index contributed by atoms with van der Waals surface area (Å²) in [5.41, 5.74) is 0. The molecule has 1 heterocycles. The Hall–Kier alpha value is -1.56. The number of hydrogen-bond donors (Lipinski definition) is 1. The van der Waals surface area contributed by atoms with Crippen LogP contribution in [0, 0.1) is 6.92 Å². The Morgan fingerprint density at radius 1 is 1.53 bits per heavy atom. The highest BCUT2D eigenvalue weighted by Crippen LogP contribution is 2.12. The fourth-order valence-corrected chi connectivity index (χ4v) is 1.98. The third kappa shape index (κ3) is 4.55. The molecule has 0 radical (unpaired) electrons. The molecule has 1 rings (SSSR count). The van der Waals surface area contributed by atoms with E-state index in [1.165, 1.54) is 0 Å². The van der Waals surface area contributed by atoms with Crippen LogP contribution in [-0.4, -0.2) is 46.9 Å². The lowest BCUT2D eigenvalue weighted by molar-refractivity contribution is -0.136. The van der Waals surface area contributed by atoms with Gasteiger partial charge in [0.1, 0.15) is 5.76 Å². The highest BCUT2D eigenvalue weighted by Gasteiger charge is 2.21. The maximum atomic E-state index is 12.1. The molecule has 0 fully saturated rings. The van der Waals surface area contributed by atoms with E-state index in [0.717, 1.165) is 12.8 Å². The van der Waals surface area contributed by atoms with Gasteiger partial charge in [0.15, 0.2) is 6.61 Å². The van der Waals surface area contributed by atoms with Crippen LogP contribution in [0.15, 0.2) is 10.6 Å². The van der Waals surface area contributed by atoms with Gasteiger partial charge in [-0.3, -0.25) is 4.79 Å². The summed E-state index contributed by atoms with van der Waals surface area (Å²) in [7, 11) is 0. The largest absolute Gasteiger partial charge is 0.465 e. The molecule has 0 bridgehead atoms. The highest BCUT2D eigenvalue weighted by molar-refractivity contribution is 5.78. The minimum Gasteiger partial charge on any atom is -0.465 e. The number of aryl methyl sites for hydroxylation is 1. The van der Waals surface area contributed by atoms with Crippen molar-refractivity contribution in [1.29, 1.82) is 0 Å². The molecule has 0 aliphatic rings. The fraction of sp³-hybridized carbons (Fsp3) is 0.692. The molecule has 0 aliphatic heterocycles. The maximum absolute atomic E-state index is 12.1. The molecule has 0 spiro atoms. The molecular formula is C13H22N2O4. The number of aliphatic hydroxyl groups is 1. The van der Waals surface area contributed by atoms with Crippen molar-refractivity contribution in [2.75, 3.05) is 19.8 Å². The Labute approximate surface area is 113 Å². The first kappa shape index (κ1) is 15.5. The van der Waals surface area contributed by atoms with Crippen LogP contribution >= 0.6 is 0 Å². The van der Waals surface area contributed by atoms with Gasteiger partial charge in [0.25, 0.3) is 11.8 Å². The van der Waals surface area contributed by atoms with Gasteiger partial charge in [-0.15, -0.1) is 0 Å². The zero-order valence-electron chi connectivity index (χ0n) is 11.8. The first-order chi connectivity index (χ1) is 9.12. The van der Waals surface area contributed by atoms with Crippen molar-refractivity contribution in [2.45, 2.75) is 39.7 Å². The van der Waals surface area contributed by atoms with E-state index in [-0.39, 0.29) is 25.2 Å². The topological polar surface area (TPSA) is 75.8 Å². The summed E-state index contributed by atoms with van der Waals surface area (Å²) in [4.78, 5) is 13.8. The molecule has 19 heavy (non-hydrogen) atoms. The van der Waals surface area contributed by atoms with E-state index < -0.39 is 0 Å². The predicted molar refractivity (Wildman–Crippen MR) is 69.9 cm³/mol. The third-order valence-corrected chi connectivity index (χ3v) is 2.99. The Bertz CT molecular complexity index is 388. The van der Waals surface area contributed by atoms with Crippen LogP contribution in [-0.2, 0) is 4.79 Å². The predicted octanol–water partition coefficient (Wildman–Crippen LogP) is 1.37. The molecule has 1 aromatic rings. The van der Waals surface area contributed by atoms with Crippen molar-refractivity contribution in [3.05, 3.63) is 11.8 Å². The minimum absolute atomic E-state index is 0.0503. The summed E-state index contributed by atoms with van der Waals surface area (Å²) >= 11 is 0. The van der Waals surface area contributed by atoms with Gasteiger partial charge in [-0.1, -0.05) is 13.8 Å². The van der Waals surface area contributed by atoms with Gasteiger partial charge < -0.3 is 19.3 Å². The standard InChI is InChI=1S/C13H22N2O4/c1-4-11(5-2)15(6-7-16)13(17)9-18-12-8-10(3)19-14-12/h8,11,16H,4-7,9H2,1-3H3. The van der Waals surface area contributed by atoms with Gasteiger partial charge in [-0.2, -0.15) is 0 Å². The summed E-state index contributed by atoms with van der Waals surface area (Å²) in [5.74, 6) is 0.789. The van der Waals surface area contributed by atoms with Crippen molar-refractivity contribution in [1.82, 2.24) is 10.1 Å². The number of amides is 1. The van der Waals surface area contributed by atoms with Crippen molar-refractivity contribution in [3.8, 4) is 5.88 Å². The molecule has 0 aromatic carbocycles. The highest BCUT2D eigenvalue weighted by atomic mass is 16.5. The molecule has 0 aliphatic carbocycles. The third-order valence-electron chi connectivity index (χ3n) is 2.99. The Balaban J connectivity index is 2.56. The molecule has 0 saturated carbocycles. The Morgan fingerprint density at radius 3 is 2.68 bits per heavy atom. The quantitative estimate of drug-likeness (QED) is 0.772. The van der Waals surface area contributed by atoms with Crippen molar-refractivity contribution in [3.63, 3.8) is 0 Å². The second-order valence-electron chi connectivity index (χ2n) is 4.35. The maximum Gasteiger partial charge on any atom is 0.260 e. The molecule has 1 amide bonds. The first-order valence-corrected chi connectivity index (χ1v) is 6.58. The van der Waals surface area contributed by atoms with Gasteiger partial charge in [-0.25, -0.2) is 0 Å². The SMILES string of the molecule is CCC(CC)N(CCO)C(=O)COc1cc(C)on1. The normalized spacial score (nSPS) is 10.8. The lowest BCUT2D eigenvalue weighted by atomic mass is 10.1. The minimum atomic E-state index is -0.150. The molecule has 6 heteroatoms. The van der Waals surface area contributed by atoms with E-state index >= 15 is 0 Å². The molecule has 0 unspecified atom stereocenters. The Morgan fingerprint density at radius 2 is 2.21 bits per heavy atom. The van der Waals surface area contributed by atoms with Crippen LogP contribution in [0.25, 0.3) is 0 Å². The van der Waals surface area contributed by atoms with Crippen molar-refractivity contribution >= 4 is 5.91 Å². The summed E-state index contributed by atoms with van der Waals surface area (Å²) in [5, 5.41) is 12.7. The van der Waals surface area contributed by atoms with E-state index in [9.17, 15) is 4.79 Å². The lowest BCUT2D eigenvalue weighted by Crippen LogP contribution is -2.44. The van der Waals surface area contributed by atoms with E-state index in [2.05, 4.69) is 5.16 Å². The molecule has 0 atom stereocenters. The van der Waals surface area contributed by atoms with Gasteiger partial charge in [0.05, 0.1) is 6.61 Å². The molecule has 1 aromatic heterocycles. The van der Waals surface area contributed by atoms with E-state index in [4.69, 9.17) is 14.4 Å². The smallest absolute Gasteiger partial charge is 0.260 e. The number of aromatic nitrogens is 1. The molecule has 1 N–H and O–H groups in total. The summed E-state index contributed by atoms with van der Waals surface area (Å²) < 4.78 is 10.1. The van der Waals surface area contributed by atoms with Crippen LogP contribution in [0.2, 0.25) is 0 Å². The van der Waals surface area contributed by atoms with Crippen LogP contribution in [0.5, 0.6) is 5.88 Å².